The van der Waals surface area contributed by atoms with Crippen LogP contribution in [0.5, 0.6) is 0 Å². The van der Waals surface area contributed by atoms with Gasteiger partial charge in [0.2, 0.25) is 0 Å². The molecule has 15 nitrogen and oxygen atoms in total. The van der Waals surface area contributed by atoms with Gasteiger partial charge in [-0.1, -0.05) is 0 Å². The van der Waals surface area contributed by atoms with E-state index in [0.29, 0.717) is 0 Å². The number of nitrogens with two attached hydrogens (primary N) is 1. The maximum atomic E-state index is 11.7. The molecule has 2 aromatic rings. The van der Waals surface area contributed by atoms with Crippen molar-refractivity contribution >= 4 is 32.6 Å². The molecule has 28 heavy (non-hydrogen) atoms. The van der Waals surface area contributed by atoms with Gasteiger partial charge in [0.05, 0.1) is 12.9 Å². The zero-order chi connectivity index (χ0) is 20.7. The van der Waals surface area contributed by atoms with E-state index in [-0.39, 0.29) is 17.0 Å². The van der Waals surface area contributed by atoms with Crippen LogP contribution in [0.4, 0.5) is 5.82 Å². The number of hydrogen-bond donors (Lipinski definition) is 5. The molecule has 6 atom stereocenters. The molecule has 1 aliphatic heterocycles. The minimum atomic E-state index is -5.02. The van der Waals surface area contributed by atoms with E-state index < -0.39 is 46.8 Å². The second-order valence-corrected chi connectivity index (χ2v) is 8.78. The molecule has 6 N–H and O–H groups in total. The van der Waals surface area contributed by atoms with Crippen molar-refractivity contribution in [1.82, 2.24) is 19.5 Å². The Morgan fingerprint density at radius 3 is 2.61 bits per heavy atom. The Hall–Kier alpha value is -1.51. The number of nitrogens with zero attached hydrogens (tertiary/aromatic N) is 4. The maximum absolute atomic E-state index is 11.7. The van der Waals surface area contributed by atoms with Crippen molar-refractivity contribution in [2.24, 2.45) is 0 Å². The van der Waals surface area contributed by atoms with Gasteiger partial charge in [0.1, 0.15) is 30.2 Å². The van der Waals surface area contributed by atoms with Crippen LogP contribution >= 0.6 is 15.6 Å². The third-order valence-corrected chi connectivity index (χ3v) is 6.43. The number of phosphoric ester groups is 2. The average molecular weight is 441 g/mol. The first-order chi connectivity index (χ1) is 13.0. The summed E-state index contributed by atoms with van der Waals surface area (Å²) in [6.07, 6.45) is -3.04. The fraction of sp³-hybridized carbons (Fsp3) is 0.545. The third kappa shape index (κ3) is 4.23. The Morgan fingerprint density at radius 2 is 1.93 bits per heavy atom. The Bertz CT molecular complexity index is 955. The van der Waals surface area contributed by atoms with E-state index in [1.807, 2.05) is 0 Å². The van der Waals surface area contributed by atoms with Crippen LogP contribution in [0.2, 0.25) is 0 Å². The number of ether oxygens (including phenoxy) is 1. The third-order valence-electron chi connectivity index (χ3n) is 3.84. The molecule has 0 spiro atoms. The van der Waals surface area contributed by atoms with Gasteiger partial charge in [-0.15, -0.1) is 0 Å². The molecule has 156 valence electrons. The molecular weight excluding hydrogens is 424 g/mol. The van der Waals surface area contributed by atoms with Gasteiger partial charge in [0.15, 0.2) is 17.7 Å². The number of imidazole rings is 1. The molecule has 0 aromatic carbocycles. The largest absolute Gasteiger partial charge is 0.481 e. The highest BCUT2D eigenvalue weighted by Gasteiger charge is 2.46. The van der Waals surface area contributed by atoms with Gasteiger partial charge in [-0.2, -0.15) is 4.31 Å². The summed E-state index contributed by atoms with van der Waals surface area (Å²) in [5.41, 5.74) is 6.16. The number of aromatic nitrogens is 4. The number of rotatable bonds is 7. The van der Waals surface area contributed by atoms with Gasteiger partial charge in [0, 0.05) is 7.11 Å². The van der Waals surface area contributed by atoms with Crippen molar-refractivity contribution in [3.8, 4) is 0 Å². The van der Waals surface area contributed by atoms with Crippen molar-refractivity contribution in [2.75, 3.05) is 19.5 Å². The van der Waals surface area contributed by atoms with Crippen LogP contribution in [-0.4, -0.2) is 71.5 Å². The lowest BCUT2D eigenvalue weighted by atomic mass is 10.1. The first-order valence-corrected chi connectivity index (χ1v) is 10.6. The summed E-state index contributed by atoms with van der Waals surface area (Å²) in [4.78, 5) is 30.3. The Labute approximate surface area is 156 Å². The number of fused-ring (bicyclic) bond motifs is 1. The molecule has 3 rings (SSSR count). The molecule has 1 saturated heterocycles. The predicted molar refractivity (Wildman–Crippen MR) is 89.4 cm³/mol. The second kappa shape index (κ2) is 7.72. The van der Waals surface area contributed by atoms with Crippen molar-refractivity contribution in [2.45, 2.75) is 24.5 Å². The van der Waals surface area contributed by atoms with E-state index in [1.54, 1.807) is 0 Å². The fourth-order valence-electron chi connectivity index (χ4n) is 2.51. The summed E-state index contributed by atoms with van der Waals surface area (Å²) >= 11 is 0. The summed E-state index contributed by atoms with van der Waals surface area (Å²) in [6.45, 7) is -0.754. The molecule has 0 radical (unpaired) electrons. The second-order valence-electron chi connectivity index (χ2n) is 5.63. The molecule has 1 fully saturated rings. The van der Waals surface area contributed by atoms with Crippen LogP contribution in [0.1, 0.15) is 6.23 Å². The van der Waals surface area contributed by atoms with Crippen molar-refractivity contribution in [1.29, 1.82) is 0 Å². The molecule has 0 saturated carbocycles. The van der Waals surface area contributed by atoms with Gasteiger partial charge in [-0.05, 0) is 0 Å². The molecule has 1 aliphatic rings. The van der Waals surface area contributed by atoms with E-state index in [2.05, 4.69) is 28.3 Å². The highest BCUT2D eigenvalue weighted by molar-refractivity contribution is 7.61. The number of hydrogen-bond acceptors (Lipinski definition) is 12. The van der Waals surface area contributed by atoms with Gasteiger partial charge in [-0.25, -0.2) is 24.1 Å². The molecular formula is C11H17N5O10P2. The van der Waals surface area contributed by atoms with E-state index in [1.165, 1.54) is 17.2 Å². The van der Waals surface area contributed by atoms with Crippen LogP contribution in [0.15, 0.2) is 12.7 Å². The van der Waals surface area contributed by atoms with Crippen LogP contribution < -0.4 is 5.73 Å². The number of anilines is 1. The molecule has 0 bridgehead atoms. The molecule has 17 heteroatoms. The van der Waals surface area contributed by atoms with Crippen molar-refractivity contribution < 1.29 is 47.2 Å². The molecule has 2 aromatic heterocycles. The first kappa shape index (κ1) is 21.2. The van der Waals surface area contributed by atoms with Crippen molar-refractivity contribution in [3.63, 3.8) is 0 Å². The highest BCUT2D eigenvalue weighted by Crippen LogP contribution is 2.60. The van der Waals surface area contributed by atoms with E-state index >= 15 is 0 Å². The quantitative estimate of drug-likeness (QED) is 0.322. The summed E-state index contributed by atoms with van der Waals surface area (Å²) in [7, 11) is -9.03. The fourth-order valence-corrected chi connectivity index (χ4v) is 4.34. The lowest BCUT2D eigenvalue weighted by molar-refractivity contribution is -0.0503. The normalized spacial score (nSPS) is 29.6. The standard InChI is InChI=1S/C11H17N5O10P2/c1-23-27(19,20)26-28(21,22)24-2-5-7(17)8(18)11(25-5)16-4-15-6-9(12)13-3-14-10(6)16/h3-5,7-8,11,17-18H,2H2,1H3,(H,19,20)(H,21,22)(H2,12,13,14)/t5-,7+,8?,11-/m1/s1. The van der Waals surface area contributed by atoms with Crippen LogP contribution in [-0.2, 0) is 27.2 Å². The molecule has 3 unspecified atom stereocenters. The van der Waals surface area contributed by atoms with E-state index in [9.17, 15) is 24.2 Å². The van der Waals surface area contributed by atoms with E-state index in [0.717, 1.165) is 7.11 Å². The summed E-state index contributed by atoms with van der Waals surface area (Å²) in [6, 6.07) is 0. The monoisotopic (exact) mass is 441 g/mol. The maximum Gasteiger partial charge on any atom is 0.481 e. The van der Waals surface area contributed by atoms with Gasteiger partial charge in [-0.3, -0.25) is 13.6 Å². The molecule has 0 amide bonds. The Balaban J connectivity index is 1.73. The SMILES string of the molecule is COP(=O)(O)OP(=O)(O)OC[C@H]1O[C@@H](n2cnc3c(N)ncnc32)C(O)[C@H]1O. The van der Waals surface area contributed by atoms with Gasteiger partial charge >= 0.3 is 15.6 Å². The molecule has 0 aliphatic carbocycles. The Kier molecular flexibility index (Phi) is 5.85. The predicted octanol–water partition coefficient (Wildman–Crippen LogP) is -1.09. The summed E-state index contributed by atoms with van der Waals surface area (Å²) < 4.78 is 42.3. The number of phosphoric acid groups is 2. The first-order valence-electron chi connectivity index (χ1n) is 7.56. The minimum absolute atomic E-state index is 0.0987. The topological polar surface area (TPSA) is 222 Å². The van der Waals surface area contributed by atoms with Crippen molar-refractivity contribution in [3.05, 3.63) is 12.7 Å². The van der Waals surface area contributed by atoms with Gasteiger partial charge in [0.25, 0.3) is 0 Å². The number of aliphatic hydroxyl groups is 2. The van der Waals surface area contributed by atoms with Crippen LogP contribution in [0, 0.1) is 0 Å². The summed E-state index contributed by atoms with van der Waals surface area (Å²) in [5, 5.41) is 20.4. The smallest absolute Gasteiger partial charge is 0.387 e. The van der Waals surface area contributed by atoms with Gasteiger partial charge < -0.3 is 30.5 Å². The van der Waals surface area contributed by atoms with Crippen LogP contribution in [0.3, 0.4) is 0 Å². The van der Waals surface area contributed by atoms with E-state index in [4.69, 9.17) is 15.4 Å². The number of aliphatic hydroxyl groups excluding tert-OH is 2. The molecule has 3 heterocycles. The Morgan fingerprint density at radius 1 is 1.21 bits per heavy atom. The zero-order valence-electron chi connectivity index (χ0n) is 14.2. The summed E-state index contributed by atoms with van der Waals surface area (Å²) in [5.74, 6) is 0.0987. The lowest BCUT2D eigenvalue weighted by Crippen LogP contribution is -2.33. The number of nitrogen functional groups attached to an aromatic ring is 1. The average Bonchev–Trinajstić information content (AvgIpc) is 3.16. The highest BCUT2D eigenvalue weighted by atomic mass is 31.3. The zero-order valence-corrected chi connectivity index (χ0v) is 16.0. The lowest BCUT2D eigenvalue weighted by Gasteiger charge is -2.18. The minimum Gasteiger partial charge on any atom is -0.387 e. The van der Waals surface area contributed by atoms with Crippen LogP contribution in [0.25, 0.3) is 11.2 Å².